The van der Waals surface area contributed by atoms with Crippen LogP contribution in [-0.2, 0) is 6.61 Å². The fourth-order valence-electron chi connectivity index (χ4n) is 3.35. The van der Waals surface area contributed by atoms with Gasteiger partial charge in [0, 0.05) is 17.7 Å². The molecule has 0 fully saturated rings. The zero-order valence-electron chi connectivity index (χ0n) is 17.6. The molecule has 170 valence electrons. The van der Waals surface area contributed by atoms with Crippen LogP contribution in [0.25, 0.3) is 10.8 Å². The maximum Gasteiger partial charge on any atom is 0.271 e. The Morgan fingerprint density at radius 1 is 1.00 bits per heavy atom. The Morgan fingerprint density at radius 3 is 2.47 bits per heavy atom. The molecule has 4 aromatic carbocycles. The van der Waals surface area contributed by atoms with Gasteiger partial charge in [-0.1, -0.05) is 48.5 Å². The van der Waals surface area contributed by atoms with Gasteiger partial charge in [-0.3, -0.25) is 14.9 Å². The molecular formula is C25H17Br2N3O4. The first-order valence-electron chi connectivity index (χ1n) is 10.1. The van der Waals surface area contributed by atoms with Gasteiger partial charge in [0.2, 0.25) is 0 Å². The van der Waals surface area contributed by atoms with Gasteiger partial charge in [-0.05, 0) is 72.0 Å². The standard InChI is InChI=1S/C25H17Br2N3O4/c26-22-11-16(14-28-29-25(31)18-7-4-9-20(13-18)30(32)33)12-23(27)24(22)34-15-19-8-3-6-17-5-1-2-10-21(17)19/h1-14H,15H2,(H,29,31). The molecule has 0 spiro atoms. The zero-order valence-corrected chi connectivity index (χ0v) is 20.7. The molecule has 0 saturated carbocycles. The molecule has 0 aromatic heterocycles. The molecule has 7 nitrogen and oxygen atoms in total. The minimum atomic E-state index is -0.557. The lowest BCUT2D eigenvalue weighted by atomic mass is 10.1. The first kappa shape index (κ1) is 23.6. The van der Waals surface area contributed by atoms with Gasteiger partial charge >= 0.3 is 0 Å². The number of nitrogens with one attached hydrogen (secondary N) is 1. The zero-order chi connectivity index (χ0) is 24.1. The second kappa shape index (κ2) is 10.6. The van der Waals surface area contributed by atoms with Crippen molar-refractivity contribution in [2.45, 2.75) is 6.61 Å². The van der Waals surface area contributed by atoms with Gasteiger partial charge in [-0.25, -0.2) is 5.43 Å². The van der Waals surface area contributed by atoms with E-state index in [0.29, 0.717) is 26.9 Å². The number of hydrazone groups is 1. The van der Waals surface area contributed by atoms with Crippen molar-refractivity contribution in [3.05, 3.63) is 115 Å². The third-order valence-electron chi connectivity index (χ3n) is 4.97. The second-order valence-corrected chi connectivity index (χ2v) is 8.96. The summed E-state index contributed by atoms with van der Waals surface area (Å²) < 4.78 is 7.52. The predicted octanol–water partition coefficient (Wildman–Crippen LogP) is 6.62. The van der Waals surface area contributed by atoms with Gasteiger partial charge in [-0.15, -0.1) is 0 Å². The SMILES string of the molecule is O=C(NN=Cc1cc(Br)c(OCc2cccc3ccccc23)c(Br)c1)c1cccc([N+](=O)[O-])c1. The van der Waals surface area contributed by atoms with Crippen molar-refractivity contribution in [1.82, 2.24) is 5.43 Å². The molecule has 0 bridgehead atoms. The summed E-state index contributed by atoms with van der Waals surface area (Å²) in [6.45, 7) is 0.394. The fourth-order valence-corrected chi connectivity index (χ4v) is 4.80. The number of ether oxygens (including phenoxy) is 1. The van der Waals surface area contributed by atoms with E-state index in [9.17, 15) is 14.9 Å². The topological polar surface area (TPSA) is 93.8 Å². The number of benzene rings is 4. The molecule has 0 saturated heterocycles. The number of halogens is 2. The third-order valence-corrected chi connectivity index (χ3v) is 6.15. The second-order valence-electron chi connectivity index (χ2n) is 7.25. The summed E-state index contributed by atoms with van der Waals surface area (Å²) in [5, 5.41) is 17.1. The van der Waals surface area contributed by atoms with Gasteiger partial charge in [0.25, 0.3) is 11.6 Å². The summed E-state index contributed by atoms with van der Waals surface area (Å²) in [5.41, 5.74) is 4.14. The molecule has 4 aromatic rings. The molecule has 1 N–H and O–H groups in total. The number of non-ortho nitro benzene ring substituents is 1. The largest absolute Gasteiger partial charge is 0.487 e. The Bertz CT molecular complexity index is 1390. The molecule has 9 heteroatoms. The minimum absolute atomic E-state index is 0.144. The Morgan fingerprint density at radius 2 is 1.71 bits per heavy atom. The van der Waals surface area contributed by atoms with Crippen LogP contribution in [0.1, 0.15) is 21.5 Å². The highest BCUT2D eigenvalue weighted by Gasteiger charge is 2.12. The Balaban J connectivity index is 1.44. The van der Waals surface area contributed by atoms with Crippen molar-refractivity contribution in [2.24, 2.45) is 5.10 Å². The van der Waals surface area contributed by atoms with Gasteiger partial charge in [-0.2, -0.15) is 5.10 Å². The van der Waals surface area contributed by atoms with Crippen LogP contribution in [0.15, 0.2) is 92.9 Å². The van der Waals surface area contributed by atoms with Crippen LogP contribution in [0, 0.1) is 10.1 Å². The molecule has 34 heavy (non-hydrogen) atoms. The summed E-state index contributed by atoms with van der Waals surface area (Å²) in [6, 6.07) is 23.3. The molecule has 0 aliphatic heterocycles. The molecule has 4 rings (SSSR count). The highest BCUT2D eigenvalue weighted by atomic mass is 79.9. The number of nitro benzene ring substituents is 1. The maximum atomic E-state index is 12.2. The van der Waals surface area contributed by atoms with Crippen molar-refractivity contribution >= 4 is 60.4 Å². The van der Waals surface area contributed by atoms with Crippen molar-refractivity contribution in [1.29, 1.82) is 0 Å². The predicted molar refractivity (Wildman–Crippen MR) is 138 cm³/mol. The van der Waals surface area contributed by atoms with Gasteiger partial charge in [0.15, 0.2) is 0 Å². The number of hydrogen-bond acceptors (Lipinski definition) is 5. The molecule has 0 unspecified atom stereocenters. The Kier molecular flexibility index (Phi) is 7.34. The van der Waals surface area contributed by atoms with Crippen LogP contribution >= 0.6 is 31.9 Å². The summed E-state index contributed by atoms with van der Waals surface area (Å²) in [7, 11) is 0. The number of amides is 1. The molecule has 0 radical (unpaired) electrons. The van der Waals surface area contributed by atoms with E-state index in [1.165, 1.54) is 30.5 Å². The van der Waals surface area contributed by atoms with Crippen LogP contribution in [0.3, 0.4) is 0 Å². The lowest BCUT2D eigenvalue weighted by Gasteiger charge is -2.13. The van der Waals surface area contributed by atoms with Crippen molar-refractivity contribution in [3.8, 4) is 5.75 Å². The van der Waals surface area contributed by atoms with E-state index in [2.05, 4.69) is 60.6 Å². The number of rotatable bonds is 7. The number of nitro groups is 1. The van der Waals surface area contributed by atoms with E-state index >= 15 is 0 Å². The lowest BCUT2D eigenvalue weighted by molar-refractivity contribution is -0.384. The number of nitrogens with zero attached hydrogens (tertiary/aromatic N) is 2. The van der Waals surface area contributed by atoms with Crippen LogP contribution in [0.5, 0.6) is 5.75 Å². The van der Waals surface area contributed by atoms with Crippen molar-refractivity contribution in [3.63, 3.8) is 0 Å². The average molecular weight is 583 g/mol. The van der Waals surface area contributed by atoms with E-state index in [1.807, 2.05) is 36.4 Å². The molecule has 1 amide bonds. The summed E-state index contributed by atoms with van der Waals surface area (Å²) in [6.07, 6.45) is 1.47. The normalized spacial score (nSPS) is 11.0. The number of hydrogen-bond donors (Lipinski definition) is 1. The summed E-state index contributed by atoms with van der Waals surface area (Å²) in [5.74, 6) is 0.0961. The molecule has 0 heterocycles. The van der Waals surface area contributed by atoms with E-state index in [4.69, 9.17) is 4.74 Å². The van der Waals surface area contributed by atoms with E-state index in [1.54, 1.807) is 0 Å². The first-order valence-corrected chi connectivity index (χ1v) is 11.7. The number of fused-ring (bicyclic) bond motifs is 1. The van der Waals surface area contributed by atoms with Gasteiger partial charge in [0.1, 0.15) is 12.4 Å². The van der Waals surface area contributed by atoms with Crippen LogP contribution in [-0.4, -0.2) is 17.0 Å². The van der Waals surface area contributed by atoms with Crippen LogP contribution in [0.4, 0.5) is 5.69 Å². The molecular weight excluding hydrogens is 566 g/mol. The average Bonchev–Trinajstić information content (AvgIpc) is 2.83. The molecule has 0 aliphatic rings. The van der Waals surface area contributed by atoms with Crippen LogP contribution in [0.2, 0.25) is 0 Å². The highest BCUT2D eigenvalue weighted by Crippen LogP contribution is 2.35. The van der Waals surface area contributed by atoms with E-state index in [0.717, 1.165) is 16.3 Å². The van der Waals surface area contributed by atoms with Gasteiger partial charge in [0.05, 0.1) is 20.1 Å². The third kappa shape index (κ3) is 5.49. The Labute approximate surface area is 211 Å². The smallest absolute Gasteiger partial charge is 0.271 e. The summed E-state index contributed by atoms with van der Waals surface area (Å²) >= 11 is 7.06. The Hall–Kier alpha value is -3.56. The highest BCUT2D eigenvalue weighted by molar-refractivity contribution is 9.11. The fraction of sp³-hybridized carbons (Fsp3) is 0.0400. The maximum absolute atomic E-state index is 12.2. The van der Waals surface area contributed by atoms with E-state index < -0.39 is 10.8 Å². The van der Waals surface area contributed by atoms with Gasteiger partial charge < -0.3 is 4.74 Å². The van der Waals surface area contributed by atoms with Crippen LogP contribution < -0.4 is 10.2 Å². The first-order chi connectivity index (χ1) is 16.4. The van der Waals surface area contributed by atoms with Crippen molar-refractivity contribution < 1.29 is 14.5 Å². The number of carbonyl (C=O) groups is 1. The molecule has 0 aliphatic carbocycles. The monoisotopic (exact) mass is 581 g/mol. The number of carbonyl (C=O) groups excluding carboxylic acids is 1. The van der Waals surface area contributed by atoms with E-state index in [-0.39, 0.29) is 11.3 Å². The minimum Gasteiger partial charge on any atom is -0.487 e. The lowest BCUT2D eigenvalue weighted by Crippen LogP contribution is -2.17. The summed E-state index contributed by atoms with van der Waals surface area (Å²) in [4.78, 5) is 22.5. The van der Waals surface area contributed by atoms with Crippen molar-refractivity contribution in [2.75, 3.05) is 0 Å². The quantitative estimate of drug-likeness (QED) is 0.151. The molecule has 0 atom stereocenters.